The number of anilines is 1. The highest BCUT2D eigenvalue weighted by Crippen LogP contribution is 2.32. The molecule has 1 N–H and O–H groups in total. The van der Waals surface area contributed by atoms with Gasteiger partial charge in [-0.25, -0.2) is 0 Å². The average Bonchev–Trinajstić information content (AvgIpc) is 2.50. The fourth-order valence-corrected chi connectivity index (χ4v) is 3.25. The van der Waals surface area contributed by atoms with E-state index in [1.807, 2.05) is 38.1 Å². The van der Waals surface area contributed by atoms with Gasteiger partial charge in [0, 0.05) is 8.95 Å². The zero-order chi connectivity index (χ0) is 17.9. The highest BCUT2D eigenvalue weighted by molar-refractivity contribution is 9.10. The Morgan fingerprint density at radius 1 is 1.12 bits per heavy atom. The van der Waals surface area contributed by atoms with E-state index in [2.05, 4.69) is 57.1 Å². The Kier molecular flexibility index (Phi) is 6.47. The molecule has 24 heavy (non-hydrogen) atoms. The molecule has 0 spiro atoms. The Morgan fingerprint density at radius 2 is 1.83 bits per heavy atom. The molecule has 0 aliphatic carbocycles. The molecule has 1 amide bonds. The number of aryl methyl sites for hydroxylation is 2. The number of rotatable bonds is 5. The quantitative estimate of drug-likeness (QED) is 0.604. The zero-order valence-corrected chi connectivity index (χ0v) is 17.4. The van der Waals surface area contributed by atoms with Crippen molar-refractivity contribution < 1.29 is 9.53 Å². The summed E-state index contributed by atoms with van der Waals surface area (Å²) in [6.45, 7) is 8.19. The second-order valence-corrected chi connectivity index (χ2v) is 7.82. The maximum absolute atomic E-state index is 12.2. The van der Waals surface area contributed by atoms with Crippen molar-refractivity contribution in [1.82, 2.24) is 0 Å². The van der Waals surface area contributed by atoms with Crippen molar-refractivity contribution >= 4 is 43.5 Å². The minimum Gasteiger partial charge on any atom is -0.483 e. The largest absolute Gasteiger partial charge is 0.483 e. The highest BCUT2D eigenvalue weighted by Gasteiger charge is 2.13. The summed E-state index contributed by atoms with van der Waals surface area (Å²) >= 11 is 7.01. The number of hydrogen-bond donors (Lipinski definition) is 1. The summed E-state index contributed by atoms with van der Waals surface area (Å²) in [7, 11) is 0. The van der Waals surface area contributed by atoms with Gasteiger partial charge in [-0.15, -0.1) is 0 Å². The Labute approximate surface area is 160 Å². The Balaban J connectivity index is 2.07. The molecule has 2 aromatic carbocycles. The van der Waals surface area contributed by atoms with Gasteiger partial charge in [-0.3, -0.25) is 4.79 Å². The molecule has 0 aromatic heterocycles. The average molecular weight is 455 g/mol. The van der Waals surface area contributed by atoms with Crippen LogP contribution >= 0.6 is 31.9 Å². The summed E-state index contributed by atoms with van der Waals surface area (Å²) in [6, 6.07) is 9.82. The lowest BCUT2D eigenvalue weighted by molar-refractivity contribution is -0.118. The van der Waals surface area contributed by atoms with Crippen LogP contribution in [0.5, 0.6) is 5.75 Å². The molecule has 0 unspecified atom stereocenters. The van der Waals surface area contributed by atoms with Crippen LogP contribution in [0.25, 0.3) is 0 Å². The molecule has 3 nitrogen and oxygen atoms in total. The van der Waals surface area contributed by atoms with Gasteiger partial charge in [0.15, 0.2) is 6.61 Å². The van der Waals surface area contributed by atoms with E-state index in [1.165, 1.54) is 0 Å². The van der Waals surface area contributed by atoms with Crippen LogP contribution in [0, 0.1) is 13.8 Å². The monoisotopic (exact) mass is 453 g/mol. The third-order valence-corrected chi connectivity index (χ3v) is 5.18. The molecular formula is C19H21Br2NO2. The van der Waals surface area contributed by atoms with E-state index >= 15 is 0 Å². The summed E-state index contributed by atoms with van der Waals surface area (Å²) in [5, 5.41) is 2.86. The van der Waals surface area contributed by atoms with Gasteiger partial charge in [0.1, 0.15) is 5.75 Å². The van der Waals surface area contributed by atoms with Crippen molar-refractivity contribution in [1.29, 1.82) is 0 Å². The van der Waals surface area contributed by atoms with E-state index in [9.17, 15) is 4.79 Å². The maximum atomic E-state index is 12.2. The highest BCUT2D eigenvalue weighted by atomic mass is 79.9. The van der Waals surface area contributed by atoms with E-state index in [4.69, 9.17) is 4.74 Å². The zero-order valence-electron chi connectivity index (χ0n) is 14.2. The lowest BCUT2D eigenvalue weighted by Crippen LogP contribution is -2.21. The molecule has 0 aliphatic rings. The van der Waals surface area contributed by atoms with Crippen molar-refractivity contribution in [2.45, 2.75) is 33.6 Å². The third-order valence-electron chi connectivity index (χ3n) is 3.67. The topological polar surface area (TPSA) is 38.3 Å². The summed E-state index contributed by atoms with van der Waals surface area (Å²) in [5.41, 5.74) is 4.03. The number of ether oxygens (including phenoxy) is 1. The van der Waals surface area contributed by atoms with Crippen molar-refractivity contribution in [3.8, 4) is 5.75 Å². The molecule has 5 heteroatoms. The standard InChI is InChI=1S/C19H21Br2NO2/c1-11(2)14-9-15(20)13(4)8-18(14)24-10-19(23)22-17-6-5-12(3)7-16(17)21/h5-9,11H,10H2,1-4H3,(H,22,23). The van der Waals surface area contributed by atoms with Crippen molar-refractivity contribution in [2.75, 3.05) is 11.9 Å². The smallest absolute Gasteiger partial charge is 0.262 e. The molecule has 0 saturated heterocycles. The number of carbonyl (C=O) groups is 1. The van der Waals surface area contributed by atoms with Crippen molar-refractivity contribution in [3.05, 3.63) is 56.0 Å². The molecule has 2 aromatic rings. The van der Waals surface area contributed by atoms with E-state index in [0.29, 0.717) is 5.92 Å². The number of carbonyl (C=O) groups excluding carboxylic acids is 1. The molecule has 0 radical (unpaired) electrons. The van der Waals surface area contributed by atoms with Crippen molar-refractivity contribution in [2.24, 2.45) is 0 Å². The normalized spacial score (nSPS) is 10.8. The summed E-state index contributed by atoms with van der Waals surface area (Å²) in [6.07, 6.45) is 0. The number of halogens is 2. The lowest BCUT2D eigenvalue weighted by atomic mass is 10.0. The molecule has 128 valence electrons. The molecule has 0 aliphatic heterocycles. The molecule has 0 saturated carbocycles. The van der Waals surface area contributed by atoms with Crippen LogP contribution in [-0.4, -0.2) is 12.5 Å². The van der Waals surface area contributed by atoms with Gasteiger partial charge < -0.3 is 10.1 Å². The second-order valence-electron chi connectivity index (χ2n) is 6.11. The van der Waals surface area contributed by atoms with Crippen LogP contribution in [0.2, 0.25) is 0 Å². The predicted octanol–water partition coefficient (Wildman–Crippen LogP) is 5.97. The first kappa shape index (κ1) is 19.0. The first-order valence-electron chi connectivity index (χ1n) is 7.76. The van der Waals surface area contributed by atoms with Gasteiger partial charge in [-0.1, -0.05) is 35.8 Å². The van der Waals surface area contributed by atoms with Gasteiger partial charge in [0.25, 0.3) is 5.91 Å². The van der Waals surface area contributed by atoms with Gasteiger partial charge in [0.05, 0.1) is 5.69 Å². The summed E-state index contributed by atoms with van der Waals surface area (Å²) < 4.78 is 7.69. The van der Waals surface area contributed by atoms with Gasteiger partial charge >= 0.3 is 0 Å². The Hall–Kier alpha value is -1.33. The van der Waals surface area contributed by atoms with Gasteiger partial charge in [-0.05, 0) is 76.7 Å². The first-order valence-corrected chi connectivity index (χ1v) is 9.35. The number of amides is 1. The van der Waals surface area contributed by atoms with Crippen LogP contribution < -0.4 is 10.1 Å². The van der Waals surface area contributed by atoms with Crippen molar-refractivity contribution in [3.63, 3.8) is 0 Å². The first-order chi connectivity index (χ1) is 11.3. The van der Waals surface area contributed by atoms with E-state index in [0.717, 1.165) is 37.1 Å². The molecule has 0 heterocycles. The van der Waals surface area contributed by atoms with Crippen LogP contribution in [-0.2, 0) is 4.79 Å². The Morgan fingerprint density at radius 3 is 2.46 bits per heavy atom. The molecule has 2 rings (SSSR count). The molecule has 0 bridgehead atoms. The molecule has 0 atom stereocenters. The van der Waals surface area contributed by atoms with Crippen LogP contribution in [0.3, 0.4) is 0 Å². The fourth-order valence-electron chi connectivity index (χ4n) is 2.30. The minimum atomic E-state index is -0.185. The molecule has 0 fully saturated rings. The number of nitrogens with one attached hydrogen (secondary N) is 1. The van der Waals surface area contributed by atoms with Crippen LogP contribution in [0.4, 0.5) is 5.69 Å². The van der Waals surface area contributed by atoms with E-state index in [-0.39, 0.29) is 12.5 Å². The third kappa shape index (κ3) is 4.84. The number of hydrogen-bond acceptors (Lipinski definition) is 2. The van der Waals surface area contributed by atoms with Crippen LogP contribution in [0.15, 0.2) is 39.3 Å². The number of benzene rings is 2. The van der Waals surface area contributed by atoms with Gasteiger partial charge in [0.2, 0.25) is 0 Å². The SMILES string of the molecule is Cc1ccc(NC(=O)COc2cc(C)c(Br)cc2C(C)C)c(Br)c1. The van der Waals surface area contributed by atoms with Crippen LogP contribution in [0.1, 0.15) is 36.5 Å². The maximum Gasteiger partial charge on any atom is 0.262 e. The summed E-state index contributed by atoms with van der Waals surface area (Å²) in [5.74, 6) is 0.879. The fraction of sp³-hybridized carbons (Fsp3) is 0.316. The Bertz CT molecular complexity index is 757. The summed E-state index contributed by atoms with van der Waals surface area (Å²) in [4.78, 5) is 12.2. The van der Waals surface area contributed by atoms with Gasteiger partial charge in [-0.2, -0.15) is 0 Å². The van der Waals surface area contributed by atoms with E-state index in [1.54, 1.807) is 0 Å². The second kappa shape index (κ2) is 8.17. The minimum absolute atomic E-state index is 0.0267. The lowest BCUT2D eigenvalue weighted by Gasteiger charge is -2.16. The molecular weight excluding hydrogens is 434 g/mol. The predicted molar refractivity (Wildman–Crippen MR) is 106 cm³/mol. The van der Waals surface area contributed by atoms with E-state index < -0.39 is 0 Å².